The van der Waals surface area contributed by atoms with Crippen molar-refractivity contribution in [3.05, 3.63) is 71.3 Å². The van der Waals surface area contributed by atoms with Crippen molar-refractivity contribution in [2.45, 2.75) is 37.9 Å². The van der Waals surface area contributed by atoms with Crippen molar-refractivity contribution in [1.82, 2.24) is 4.90 Å². The van der Waals surface area contributed by atoms with Gasteiger partial charge in [0.15, 0.2) is 9.84 Å². The minimum absolute atomic E-state index is 0.00161. The number of hydrogen-bond acceptors (Lipinski definition) is 3. The van der Waals surface area contributed by atoms with E-state index in [0.29, 0.717) is 18.5 Å². The van der Waals surface area contributed by atoms with Crippen molar-refractivity contribution in [2.24, 2.45) is 0 Å². The van der Waals surface area contributed by atoms with Gasteiger partial charge in [0.25, 0.3) is 5.91 Å². The molecular weight excluding hydrogens is 358 g/mol. The molecule has 2 aromatic carbocycles. The predicted octanol–water partition coefficient (Wildman–Crippen LogP) is 3.99. The molecule has 3 rings (SSSR count). The molecule has 1 saturated heterocycles. The maximum atomic E-state index is 12.9. The Morgan fingerprint density at radius 1 is 0.963 bits per heavy atom. The van der Waals surface area contributed by atoms with Gasteiger partial charge in [0.1, 0.15) is 0 Å². The van der Waals surface area contributed by atoms with Gasteiger partial charge in [-0.05, 0) is 35.1 Å². The summed E-state index contributed by atoms with van der Waals surface area (Å²) in [5, 5.41) is -0.542. The Kier molecular flexibility index (Phi) is 5.43. The molecule has 1 amide bonds. The Hall–Kier alpha value is -2.14. The van der Waals surface area contributed by atoms with Crippen LogP contribution in [0.3, 0.4) is 0 Å². The lowest BCUT2D eigenvalue weighted by atomic mass is 9.86. The molecule has 0 saturated carbocycles. The number of carbonyl (C=O) groups is 1. The molecule has 1 aliphatic rings. The van der Waals surface area contributed by atoms with Gasteiger partial charge in [-0.1, -0.05) is 63.2 Å². The van der Waals surface area contributed by atoms with Crippen LogP contribution in [0.2, 0.25) is 0 Å². The van der Waals surface area contributed by atoms with E-state index in [1.807, 2.05) is 54.6 Å². The van der Waals surface area contributed by atoms with E-state index in [1.54, 1.807) is 4.90 Å². The Balaban J connectivity index is 1.78. The summed E-state index contributed by atoms with van der Waals surface area (Å²) in [7, 11) is -3.28. The monoisotopic (exact) mass is 385 g/mol. The molecule has 0 bridgehead atoms. The van der Waals surface area contributed by atoms with Crippen LogP contribution < -0.4 is 0 Å². The zero-order valence-electron chi connectivity index (χ0n) is 16.2. The largest absolute Gasteiger partial charge is 0.338 e. The van der Waals surface area contributed by atoms with Crippen LogP contribution in [0.15, 0.2) is 54.6 Å². The van der Waals surface area contributed by atoms with Crippen LogP contribution in [0.4, 0.5) is 0 Å². The minimum Gasteiger partial charge on any atom is -0.338 e. The van der Waals surface area contributed by atoms with Gasteiger partial charge in [-0.3, -0.25) is 4.79 Å². The zero-order valence-corrected chi connectivity index (χ0v) is 17.0. The van der Waals surface area contributed by atoms with Crippen molar-refractivity contribution in [2.75, 3.05) is 18.8 Å². The maximum absolute atomic E-state index is 12.9. The smallest absolute Gasteiger partial charge is 0.253 e. The molecule has 1 unspecified atom stereocenters. The highest BCUT2D eigenvalue weighted by molar-refractivity contribution is 7.91. The molecule has 27 heavy (non-hydrogen) atoms. The van der Waals surface area contributed by atoms with Gasteiger partial charge in [-0.25, -0.2) is 8.42 Å². The molecule has 1 fully saturated rings. The van der Waals surface area contributed by atoms with E-state index in [0.717, 1.165) is 5.56 Å². The number of sulfone groups is 1. The second-order valence-electron chi connectivity index (χ2n) is 8.17. The van der Waals surface area contributed by atoms with E-state index in [9.17, 15) is 13.2 Å². The van der Waals surface area contributed by atoms with Crippen molar-refractivity contribution >= 4 is 15.7 Å². The number of carbonyl (C=O) groups excluding carboxylic acids is 1. The third-order valence-corrected chi connectivity index (χ3v) is 7.32. The van der Waals surface area contributed by atoms with E-state index in [-0.39, 0.29) is 23.6 Å². The fourth-order valence-corrected chi connectivity index (χ4v) is 5.28. The molecule has 0 aromatic heterocycles. The molecule has 0 aliphatic carbocycles. The van der Waals surface area contributed by atoms with Crippen LogP contribution in [0.25, 0.3) is 0 Å². The summed E-state index contributed by atoms with van der Waals surface area (Å²) < 4.78 is 25.4. The normalized spacial score (nSPS) is 20.1. The minimum atomic E-state index is -3.28. The Morgan fingerprint density at radius 3 is 2.19 bits per heavy atom. The molecule has 1 heterocycles. The molecule has 4 nitrogen and oxygen atoms in total. The summed E-state index contributed by atoms with van der Waals surface area (Å²) >= 11 is 0. The van der Waals surface area contributed by atoms with Gasteiger partial charge in [-0.2, -0.15) is 0 Å². The number of benzene rings is 2. The lowest BCUT2D eigenvalue weighted by Gasteiger charge is -2.22. The van der Waals surface area contributed by atoms with Gasteiger partial charge in [0.05, 0.1) is 11.0 Å². The molecule has 0 N–H and O–H groups in total. The first kappa shape index (κ1) is 19.6. The molecule has 1 atom stereocenters. The third-order valence-electron chi connectivity index (χ3n) is 5.20. The molecule has 0 spiro atoms. The topological polar surface area (TPSA) is 54.5 Å². The molecule has 5 heteroatoms. The number of nitrogens with zero attached hydrogens (tertiary/aromatic N) is 1. The quantitative estimate of drug-likeness (QED) is 0.785. The van der Waals surface area contributed by atoms with E-state index >= 15 is 0 Å². The first-order valence-electron chi connectivity index (χ1n) is 9.35. The average molecular weight is 386 g/mol. The Morgan fingerprint density at radius 2 is 1.59 bits per heavy atom. The summed E-state index contributed by atoms with van der Waals surface area (Å²) in [5.74, 6) is -0.0994. The maximum Gasteiger partial charge on any atom is 0.253 e. The highest BCUT2D eigenvalue weighted by Crippen LogP contribution is 2.30. The van der Waals surface area contributed by atoms with Crippen LogP contribution in [0.5, 0.6) is 0 Å². The first-order chi connectivity index (χ1) is 12.7. The van der Waals surface area contributed by atoms with Crippen molar-refractivity contribution in [3.63, 3.8) is 0 Å². The van der Waals surface area contributed by atoms with Crippen LogP contribution in [0.1, 0.15) is 53.9 Å². The Labute approximate surface area is 162 Å². The summed E-state index contributed by atoms with van der Waals surface area (Å²) in [4.78, 5) is 14.6. The van der Waals surface area contributed by atoms with Crippen LogP contribution in [-0.4, -0.2) is 38.1 Å². The molecule has 0 radical (unpaired) electrons. The standard InChI is InChI=1S/C22H27NO3S/c1-22(2,3)19-11-9-18(10-12-19)21(24)23-14-13-20(27(25,26)16-15-23)17-7-5-4-6-8-17/h4-12,20H,13-16H2,1-3H3. The van der Waals surface area contributed by atoms with Gasteiger partial charge in [0.2, 0.25) is 0 Å². The van der Waals surface area contributed by atoms with Gasteiger partial charge < -0.3 is 4.90 Å². The fourth-order valence-electron chi connectivity index (χ4n) is 3.48. The third kappa shape index (κ3) is 4.41. The molecule has 1 aliphatic heterocycles. The lowest BCUT2D eigenvalue weighted by molar-refractivity contribution is 0.0766. The summed E-state index contributed by atoms with van der Waals surface area (Å²) in [5.41, 5.74) is 2.61. The zero-order chi connectivity index (χ0) is 19.7. The summed E-state index contributed by atoms with van der Waals surface area (Å²) in [6.07, 6.45) is 0.429. The Bertz CT molecular complexity index is 897. The van der Waals surface area contributed by atoms with E-state index in [4.69, 9.17) is 0 Å². The first-order valence-corrected chi connectivity index (χ1v) is 11.1. The second kappa shape index (κ2) is 7.47. The highest BCUT2D eigenvalue weighted by atomic mass is 32.2. The highest BCUT2D eigenvalue weighted by Gasteiger charge is 2.32. The van der Waals surface area contributed by atoms with E-state index in [1.165, 1.54) is 5.56 Å². The van der Waals surface area contributed by atoms with Gasteiger partial charge in [-0.15, -0.1) is 0 Å². The molecule has 144 valence electrons. The van der Waals surface area contributed by atoms with Crippen molar-refractivity contribution < 1.29 is 13.2 Å². The fraction of sp³-hybridized carbons (Fsp3) is 0.409. The van der Waals surface area contributed by atoms with E-state index in [2.05, 4.69) is 20.8 Å². The molecular formula is C22H27NO3S. The van der Waals surface area contributed by atoms with Crippen LogP contribution in [0, 0.1) is 0 Å². The van der Waals surface area contributed by atoms with Gasteiger partial charge >= 0.3 is 0 Å². The number of hydrogen-bond donors (Lipinski definition) is 0. The van der Waals surface area contributed by atoms with E-state index < -0.39 is 15.1 Å². The average Bonchev–Trinajstić information content (AvgIpc) is 2.79. The SMILES string of the molecule is CC(C)(C)c1ccc(C(=O)N2CCC(c3ccccc3)S(=O)(=O)CC2)cc1. The predicted molar refractivity (Wildman–Crippen MR) is 109 cm³/mol. The van der Waals surface area contributed by atoms with Crippen molar-refractivity contribution in [1.29, 1.82) is 0 Å². The van der Waals surface area contributed by atoms with Crippen LogP contribution >= 0.6 is 0 Å². The summed E-state index contributed by atoms with van der Waals surface area (Å²) in [6, 6.07) is 16.9. The molecule has 2 aromatic rings. The van der Waals surface area contributed by atoms with Crippen LogP contribution in [-0.2, 0) is 15.3 Å². The number of amides is 1. The van der Waals surface area contributed by atoms with Gasteiger partial charge in [0, 0.05) is 18.7 Å². The second-order valence-corrected chi connectivity index (χ2v) is 10.5. The number of rotatable bonds is 2. The van der Waals surface area contributed by atoms with Crippen molar-refractivity contribution in [3.8, 4) is 0 Å². The lowest BCUT2D eigenvalue weighted by Crippen LogP contribution is -2.33. The summed E-state index contributed by atoms with van der Waals surface area (Å²) in [6.45, 7) is 7.08.